The number of fused-ring (bicyclic) bond motifs is 1. The number of nitrogens with one attached hydrogen (secondary N) is 2. The highest BCUT2D eigenvalue weighted by atomic mass is 16.5. The topological polar surface area (TPSA) is 88.3 Å². The van der Waals surface area contributed by atoms with E-state index < -0.39 is 17.6 Å². The van der Waals surface area contributed by atoms with Crippen molar-refractivity contribution in [3.63, 3.8) is 0 Å². The van der Waals surface area contributed by atoms with E-state index in [9.17, 15) is 14.4 Å². The Balaban J connectivity index is 1.62. The maximum Gasteiger partial charge on any atom is 0.339 e. The van der Waals surface area contributed by atoms with E-state index in [1.807, 2.05) is 30.3 Å². The van der Waals surface area contributed by atoms with Crippen LogP contribution in [0.4, 0.5) is 0 Å². The van der Waals surface area contributed by atoms with Gasteiger partial charge >= 0.3 is 5.97 Å². The molecule has 2 aromatic carbocycles. The zero-order valence-corrected chi connectivity index (χ0v) is 14.9. The van der Waals surface area contributed by atoms with Crippen molar-refractivity contribution < 1.29 is 14.3 Å². The lowest BCUT2D eigenvalue weighted by Gasteiger charge is -2.14. The zero-order valence-electron chi connectivity index (χ0n) is 14.9. The minimum absolute atomic E-state index is 0.137. The molecule has 0 aliphatic rings. The number of H-pyrrole nitrogens is 1. The first kappa shape index (κ1) is 18.4. The Morgan fingerprint density at radius 3 is 2.56 bits per heavy atom. The highest BCUT2D eigenvalue weighted by molar-refractivity contribution is 6.03. The van der Waals surface area contributed by atoms with Gasteiger partial charge in [-0.15, -0.1) is 0 Å². The summed E-state index contributed by atoms with van der Waals surface area (Å²) in [5.74, 6) is -1.09. The lowest BCUT2D eigenvalue weighted by molar-refractivity contribution is -0.129. The fourth-order valence-electron chi connectivity index (χ4n) is 2.77. The van der Waals surface area contributed by atoms with Crippen LogP contribution in [0.25, 0.3) is 10.9 Å². The second-order valence-electron chi connectivity index (χ2n) is 6.17. The molecule has 0 aliphatic carbocycles. The van der Waals surface area contributed by atoms with Gasteiger partial charge in [-0.2, -0.15) is 0 Å². The molecule has 1 atom stereocenters. The number of para-hydroxylation sites is 1. The molecule has 1 unspecified atom stereocenters. The molecule has 3 aromatic rings. The maximum atomic E-state index is 12.5. The van der Waals surface area contributed by atoms with Crippen LogP contribution < -0.4 is 10.9 Å². The van der Waals surface area contributed by atoms with Gasteiger partial charge in [0, 0.05) is 23.5 Å². The van der Waals surface area contributed by atoms with Crippen molar-refractivity contribution in [1.29, 1.82) is 0 Å². The normalized spacial score (nSPS) is 11.7. The van der Waals surface area contributed by atoms with Crippen LogP contribution in [0.2, 0.25) is 0 Å². The van der Waals surface area contributed by atoms with Gasteiger partial charge in [-0.3, -0.25) is 9.59 Å². The molecule has 0 bridgehead atoms. The van der Waals surface area contributed by atoms with E-state index in [0.717, 1.165) is 5.56 Å². The number of carbonyl (C=O) groups excluding carboxylic acids is 2. The number of hydrogen-bond acceptors (Lipinski definition) is 4. The average Bonchev–Trinajstić information content (AvgIpc) is 2.67. The van der Waals surface area contributed by atoms with Crippen LogP contribution in [0.15, 0.2) is 65.5 Å². The number of aromatic nitrogens is 1. The van der Waals surface area contributed by atoms with E-state index in [-0.39, 0.29) is 11.5 Å². The summed E-state index contributed by atoms with van der Waals surface area (Å²) < 4.78 is 5.26. The smallest absolute Gasteiger partial charge is 0.339 e. The van der Waals surface area contributed by atoms with Gasteiger partial charge in [0.2, 0.25) is 5.56 Å². The number of benzene rings is 2. The molecule has 0 radical (unpaired) electrons. The quantitative estimate of drug-likeness (QED) is 0.658. The molecule has 0 saturated heterocycles. The van der Waals surface area contributed by atoms with Crippen LogP contribution in [-0.4, -0.2) is 29.5 Å². The number of rotatable bonds is 6. The van der Waals surface area contributed by atoms with Crippen molar-refractivity contribution >= 4 is 22.8 Å². The Bertz CT molecular complexity index is 1010. The van der Waals surface area contributed by atoms with Gasteiger partial charge in [0.15, 0.2) is 6.10 Å². The van der Waals surface area contributed by atoms with Crippen molar-refractivity contribution in [1.82, 2.24) is 10.3 Å². The summed E-state index contributed by atoms with van der Waals surface area (Å²) in [5, 5.41) is 3.32. The number of ether oxygens (including phenoxy) is 1. The van der Waals surface area contributed by atoms with E-state index in [4.69, 9.17) is 4.74 Å². The highest BCUT2D eigenvalue weighted by Crippen LogP contribution is 2.16. The molecule has 0 saturated carbocycles. The Kier molecular flexibility index (Phi) is 5.66. The summed E-state index contributed by atoms with van der Waals surface area (Å²) in [7, 11) is 0. The first-order valence-corrected chi connectivity index (χ1v) is 8.69. The van der Waals surface area contributed by atoms with Crippen molar-refractivity contribution in [2.45, 2.75) is 19.4 Å². The molecule has 0 aliphatic heterocycles. The Labute approximate surface area is 156 Å². The number of pyridine rings is 1. The van der Waals surface area contributed by atoms with E-state index in [2.05, 4.69) is 10.3 Å². The summed E-state index contributed by atoms with van der Waals surface area (Å²) in [6.45, 7) is 1.95. The number of aromatic amines is 1. The SMILES string of the molecule is CC(OC(=O)c1cc(=O)[nH]c2ccccc12)C(=O)NCCc1ccccc1. The van der Waals surface area contributed by atoms with E-state index in [1.165, 1.54) is 13.0 Å². The van der Waals surface area contributed by atoms with E-state index in [0.29, 0.717) is 23.9 Å². The summed E-state index contributed by atoms with van der Waals surface area (Å²) in [6, 6.07) is 17.9. The lowest BCUT2D eigenvalue weighted by Crippen LogP contribution is -2.37. The Morgan fingerprint density at radius 2 is 1.78 bits per heavy atom. The van der Waals surface area contributed by atoms with Crippen LogP contribution in [0.1, 0.15) is 22.8 Å². The molecule has 138 valence electrons. The van der Waals surface area contributed by atoms with Gasteiger partial charge < -0.3 is 15.0 Å². The molecule has 27 heavy (non-hydrogen) atoms. The van der Waals surface area contributed by atoms with Crippen molar-refractivity contribution in [3.05, 3.63) is 82.1 Å². The van der Waals surface area contributed by atoms with Crippen LogP contribution in [-0.2, 0) is 16.0 Å². The summed E-state index contributed by atoms with van der Waals surface area (Å²) >= 11 is 0. The predicted molar refractivity (Wildman–Crippen MR) is 103 cm³/mol. The lowest BCUT2D eigenvalue weighted by atomic mass is 10.1. The highest BCUT2D eigenvalue weighted by Gasteiger charge is 2.20. The van der Waals surface area contributed by atoms with Crippen LogP contribution in [0.3, 0.4) is 0 Å². The van der Waals surface area contributed by atoms with Crippen molar-refractivity contribution in [2.24, 2.45) is 0 Å². The molecule has 1 aromatic heterocycles. The standard InChI is InChI=1S/C21H20N2O4/c1-14(20(25)22-12-11-15-7-3-2-4-8-15)27-21(26)17-13-19(24)23-18-10-6-5-9-16(17)18/h2-10,13-14H,11-12H2,1H3,(H,22,25)(H,23,24). The minimum atomic E-state index is -0.966. The number of amides is 1. The minimum Gasteiger partial charge on any atom is -0.449 e. The van der Waals surface area contributed by atoms with Gasteiger partial charge in [-0.1, -0.05) is 48.5 Å². The van der Waals surface area contributed by atoms with Gasteiger partial charge in [-0.25, -0.2) is 4.79 Å². The van der Waals surface area contributed by atoms with Crippen molar-refractivity contribution in [3.8, 4) is 0 Å². The van der Waals surface area contributed by atoms with Crippen LogP contribution in [0.5, 0.6) is 0 Å². The van der Waals surface area contributed by atoms with E-state index >= 15 is 0 Å². The Hall–Kier alpha value is -3.41. The van der Waals surface area contributed by atoms with Crippen molar-refractivity contribution in [2.75, 3.05) is 6.54 Å². The first-order valence-electron chi connectivity index (χ1n) is 8.69. The molecule has 0 spiro atoms. The third-order valence-corrected chi connectivity index (χ3v) is 4.18. The van der Waals surface area contributed by atoms with Gasteiger partial charge in [0.05, 0.1) is 5.56 Å². The van der Waals surface area contributed by atoms with Crippen LogP contribution in [0, 0.1) is 0 Å². The number of hydrogen-bond donors (Lipinski definition) is 2. The molecule has 6 heteroatoms. The zero-order chi connectivity index (χ0) is 19.2. The van der Waals surface area contributed by atoms with Gasteiger partial charge in [-0.05, 0) is 25.0 Å². The largest absolute Gasteiger partial charge is 0.449 e. The van der Waals surface area contributed by atoms with E-state index in [1.54, 1.807) is 24.3 Å². The second-order valence-corrected chi connectivity index (χ2v) is 6.17. The summed E-state index contributed by atoms with van der Waals surface area (Å²) in [6.07, 6.45) is -0.280. The molecule has 6 nitrogen and oxygen atoms in total. The monoisotopic (exact) mass is 364 g/mol. The third kappa shape index (κ3) is 4.61. The molecular weight excluding hydrogens is 344 g/mol. The molecular formula is C21H20N2O4. The average molecular weight is 364 g/mol. The Morgan fingerprint density at radius 1 is 1.07 bits per heavy atom. The second kappa shape index (κ2) is 8.31. The fourth-order valence-corrected chi connectivity index (χ4v) is 2.77. The molecule has 0 fully saturated rings. The third-order valence-electron chi connectivity index (χ3n) is 4.18. The molecule has 1 heterocycles. The summed E-state index contributed by atoms with van der Waals surface area (Å²) in [4.78, 5) is 39.1. The van der Waals surface area contributed by atoms with Gasteiger partial charge in [0.1, 0.15) is 0 Å². The summed E-state index contributed by atoms with van der Waals surface area (Å²) in [5.41, 5.74) is 1.38. The first-order chi connectivity index (χ1) is 13.0. The number of carbonyl (C=O) groups is 2. The molecule has 2 N–H and O–H groups in total. The number of esters is 1. The molecule has 3 rings (SSSR count). The van der Waals surface area contributed by atoms with Gasteiger partial charge in [0.25, 0.3) is 5.91 Å². The maximum absolute atomic E-state index is 12.5. The molecule has 1 amide bonds. The fraction of sp³-hybridized carbons (Fsp3) is 0.190. The van der Waals surface area contributed by atoms with Crippen LogP contribution >= 0.6 is 0 Å². The predicted octanol–water partition coefficient (Wildman–Crippen LogP) is 2.43.